The van der Waals surface area contributed by atoms with Crippen molar-refractivity contribution in [3.05, 3.63) is 60.7 Å². The van der Waals surface area contributed by atoms with Crippen LogP contribution in [-0.2, 0) is 28.7 Å². The average Bonchev–Trinajstić information content (AvgIpc) is 3.28. The van der Waals surface area contributed by atoms with Crippen molar-refractivity contribution in [2.75, 3.05) is 20.3 Å². The summed E-state index contributed by atoms with van der Waals surface area (Å²) in [5, 5.41) is 22.2. The molecule has 5 rings (SSSR count). The molecular weight excluding hydrogens is 819 g/mol. The van der Waals surface area contributed by atoms with Gasteiger partial charge < -0.3 is 33.9 Å². The van der Waals surface area contributed by atoms with E-state index in [2.05, 4.69) is 15.0 Å². The van der Waals surface area contributed by atoms with Gasteiger partial charge in [-0.25, -0.2) is 19.7 Å². The minimum absolute atomic E-state index is 0.0510. The normalized spacial score (nSPS) is 15.7. The number of benzene rings is 3. The van der Waals surface area contributed by atoms with Gasteiger partial charge in [0.15, 0.2) is 35.5 Å². The number of phenols is 2. The van der Waals surface area contributed by atoms with E-state index in [-0.39, 0.29) is 75.2 Å². The predicted molar refractivity (Wildman–Crippen MR) is 241 cm³/mol. The number of rotatable bonds is 25. The predicted octanol–water partition coefficient (Wildman–Crippen LogP) is 9.80. The van der Waals surface area contributed by atoms with Crippen molar-refractivity contribution in [3.63, 3.8) is 0 Å². The molecule has 2 unspecified atom stereocenters. The third-order valence-electron chi connectivity index (χ3n) is 11.6. The van der Waals surface area contributed by atoms with Gasteiger partial charge in [0.25, 0.3) is 0 Å². The van der Waals surface area contributed by atoms with Gasteiger partial charge in [-0.1, -0.05) is 51.4 Å². The number of methoxy groups -OCH3 is 1. The lowest BCUT2D eigenvalue weighted by molar-refractivity contribution is -0.151. The second-order valence-electron chi connectivity index (χ2n) is 16.6. The van der Waals surface area contributed by atoms with Gasteiger partial charge in [0.05, 0.1) is 37.4 Å². The minimum atomic E-state index is -0.922. The highest BCUT2D eigenvalue weighted by atomic mass is 16.6. The second-order valence-corrected chi connectivity index (χ2v) is 16.6. The molecule has 1 aromatic heterocycles. The Morgan fingerprint density at radius 1 is 0.578 bits per heavy atom. The zero-order valence-corrected chi connectivity index (χ0v) is 37.8. The minimum Gasteiger partial charge on any atom is -0.507 e. The molecule has 3 aromatic carbocycles. The number of aromatic hydroxyl groups is 2. The molecule has 14 nitrogen and oxygen atoms in total. The molecule has 1 aliphatic rings. The molecule has 1 aliphatic carbocycles. The summed E-state index contributed by atoms with van der Waals surface area (Å²) in [6.45, 7) is 7.04. The third kappa shape index (κ3) is 14.8. The summed E-state index contributed by atoms with van der Waals surface area (Å²) in [4.78, 5) is 62.2. The van der Waals surface area contributed by atoms with Crippen LogP contribution < -0.4 is 14.2 Å². The van der Waals surface area contributed by atoms with E-state index in [1.54, 1.807) is 76.4 Å². The van der Waals surface area contributed by atoms with E-state index in [0.29, 0.717) is 30.3 Å². The number of ketones is 2. The van der Waals surface area contributed by atoms with Gasteiger partial charge in [-0.05, 0) is 115 Å². The Morgan fingerprint density at radius 3 is 1.48 bits per heavy atom. The molecule has 0 aliphatic heterocycles. The highest BCUT2D eigenvalue weighted by Gasteiger charge is 2.29. The van der Waals surface area contributed by atoms with Crippen LogP contribution in [0.15, 0.2) is 60.7 Å². The summed E-state index contributed by atoms with van der Waals surface area (Å²) >= 11 is 0. The lowest BCUT2D eigenvalue weighted by Gasteiger charge is -2.25. The molecule has 0 bridgehead atoms. The number of hydrogen-bond donors (Lipinski definition) is 2. The smallest absolute Gasteiger partial charge is 0.347 e. The number of esters is 2. The van der Waals surface area contributed by atoms with Crippen LogP contribution in [0.2, 0.25) is 0 Å². The molecule has 14 heteroatoms. The maximum absolute atomic E-state index is 12.8. The molecule has 2 atom stereocenters. The van der Waals surface area contributed by atoms with Crippen molar-refractivity contribution in [1.29, 1.82) is 0 Å². The standard InChI is InChI=1S/C50H63N3O11/c1-32(54)34(3)63-40-24-26-42(44(56)30-40)47-51-46(37-20-22-39(60-5)23-21-37)52-48(53-47)43-27-25-41(31-45(43)57)64-35(4)49(58)61-28-14-12-10-8-6-7-9-11-13-15-29-62-50(59)38-18-16-36(17-19-38)33(2)55/h20-27,30-31,34-36,38,56-57H,6-19,28-29H2,1-5H3. The maximum atomic E-state index is 12.8. The molecule has 0 radical (unpaired) electrons. The molecule has 1 fully saturated rings. The molecule has 1 heterocycles. The first kappa shape index (κ1) is 49.0. The van der Waals surface area contributed by atoms with Gasteiger partial charge in [-0.2, -0.15) is 0 Å². The van der Waals surface area contributed by atoms with Crippen LogP contribution in [0.1, 0.15) is 118 Å². The number of phenolic OH excluding ortho intramolecular Hbond substituents is 2. The van der Waals surface area contributed by atoms with Crippen LogP contribution in [0.4, 0.5) is 0 Å². The van der Waals surface area contributed by atoms with Crippen LogP contribution in [0.5, 0.6) is 28.7 Å². The van der Waals surface area contributed by atoms with Gasteiger partial charge >= 0.3 is 11.9 Å². The molecule has 64 heavy (non-hydrogen) atoms. The Bertz CT molecular complexity index is 2170. The first-order valence-corrected chi connectivity index (χ1v) is 22.6. The first-order valence-electron chi connectivity index (χ1n) is 22.6. The number of nitrogens with zero attached hydrogens (tertiary/aromatic N) is 3. The highest BCUT2D eigenvalue weighted by Crippen LogP contribution is 2.36. The molecule has 2 N–H and O–H groups in total. The molecule has 0 amide bonds. The van der Waals surface area contributed by atoms with Gasteiger partial charge in [0.1, 0.15) is 34.5 Å². The Morgan fingerprint density at radius 2 is 1.02 bits per heavy atom. The Kier molecular flexibility index (Phi) is 18.9. The lowest BCUT2D eigenvalue weighted by Crippen LogP contribution is -2.26. The van der Waals surface area contributed by atoms with Crippen molar-refractivity contribution in [2.45, 2.75) is 130 Å². The Balaban J connectivity index is 1.03. The third-order valence-corrected chi connectivity index (χ3v) is 11.6. The van der Waals surface area contributed by atoms with Crippen molar-refractivity contribution in [3.8, 4) is 62.9 Å². The van der Waals surface area contributed by atoms with E-state index >= 15 is 0 Å². The summed E-state index contributed by atoms with van der Waals surface area (Å²) < 4.78 is 27.8. The highest BCUT2D eigenvalue weighted by molar-refractivity contribution is 5.81. The summed E-state index contributed by atoms with van der Waals surface area (Å²) in [6, 6.07) is 16.2. The van der Waals surface area contributed by atoms with Crippen molar-refractivity contribution < 1.29 is 53.1 Å². The number of unbranched alkanes of at least 4 members (excludes halogenated alkanes) is 9. The number of carbonyl (C=O) groups excluding carboxylic acids is 4. The van der Waals surface area contributed by atoms with Crippen molar-refractivity contribution >= 4 is 23.5 Å². The van der Waals surface area contributed by atoms with E-state index in [0.717, 1.165) is 83.5 Å². The van der Waals surface area contributed by atoms with Gasteiger partial charge in [0.2, 0.25) is 0 Å². The number of carbonyl (C=O) groups is 4. The number of aromatic nitrogens is 3. The zero-order valence-electron chi connectivity index (χ0n) is 37.8. The van der Waals surface area contributed by atoms with Crippen LogP contribution in [0.3, 0.4) is 0 Å². The molecule has 0 saturated heterocycles. The summed E-state index contributed by atoms with van der Waals surface area (Å²) in [7, 11) is 1.56. The lowest BCUT2D eigenvalue weighted by atomic mass is 9.80. The zero-order chi connectivity index (χ0) is 46.0. The van der Waals surface area contributed by atoms with Crippen LogP contribution in [0, 0.1) is 11.8 Å². The van der Waals surface area contributed by atoms with E-state index < -0.39 is 18.2 Å². The van der Waals surface area contributed by atoms with Gasteiger partial charge in [-0.3, -0.25) is 14.4 Å². The molecule has 0 spiro atoms. The fourth-order valence-electron chi connectivity index (χ4n) is 7.51. The fraction of sp³-hybridized carbons (Fsp3) is 0.500. The average molecular weight is 882 g/mol. The number of ether oxygens (including phenoxy) is 5. The van der Waals surface area contributed by atoms with Crippen molar-refractivity contribution in [2.24, 2.45) is 11.8 Å². The Labute approximate surface area is 376 Å². The SMILES string of the molecule is COc1ccc(-c2nc(-c3ccc(OC(C)C(C)=O)cc3O)nc(-c3ccc(OC(C)C(=O)OCCCCCCCCCCCCOC(=O)C4CCC(C(C)=O)CC4)cc3O)n2)cc1. The largest absolute Gasteiger partial charge is 0.507 e. The van der Waals surface area contributed by atoms with E-state index in [4.69, 9.17) is 23.7 Å². The van der Waals surface area contributed by atoms with E-state index in [1.165, 1.54) is 25.5 Å². The maximum Gasteiger partial charge on any atom is 0.347 e. The monoisotopic (exact) mass is 881 g/mol. The first-order chi connectivity index (χ1) is 30.8. The summed E-state index contributed by atoms with van der Waals surface area (Å²) in [5.41, 5.74) is 1.16. The van der Waals surface area contributed by atoms with E-state index in [1.807, 2.05) is 0 Å². The van der Waals surface area contributed by atoms with Gasteiger partial charge in [-0.15, -0.1) is 0 Å². The quantitative estimate of drug-likeness (QED) is 0.0472. The van der Waals surface area contributed by atoms with E-state index in [9.17, 15) is 29.4 Å². The molecular formula is C50H63N3O11. The number of hydrogen-bond acceptors (Lipinski definition) is 14. The summed E-state index contributed by atoms with van der Waals surface area (Å²) in [6.07, 6.45) is 11.9. The van der Waals surface area contributed by atoms with Crippen LogP contribution >= 0.6 is 0 Å². The Hall–Kier alpha value is -6.05. The van der Waals surface area contributed by atoms with Crippen LogP contribution in [0.25, 0.3) is 34.2 Å². The molecule has 1 saturated carbocycles. The van der Waals surface area contributed by atoms with Crippen LogP contribution in [-0.4, -0.2) is 81.2 Å². The molecule has 4 aromatic rings. The second kappa shape index (κ2) is 24.7. The van der Waals surface area contributed by atoms with Gasteiger partial charge in [0, 0.05) is 23.6 Å². The number of Topliss-reactive ketones (excluding diaryl/α,β-unsaturated/α-hetero) is 2. The summed E-state index contributed by atoms with van der Waals surface area (Å²) in [5.74, 6) is 0.812. The topological polar surface area (TPSA) is 194 Å². The molecule has 344 valence electrons. The van der Waals surface area contributed by atoms with Crippen molar-refractivity contribution in [1.82, 2.24) is 15.0 Å². The fourth-order valence-corrected chi connectivity index (χ4v) is 7.51.